The summed E-state index contributed by atoms with van der Waals surface area (Å²) in [5.41, 5.74) is 0.106. The van der Waals surface area contributed by atoms with Crippen molar-refractivity contribution in [3.63, 3.8) is 0 Å². The van der Waals surface area contributed by atoms with Gasteiger partial charge >= 0.3 is 0 Å². The highest BCUT2D eigenvalue weighted by Crippen LogP contribution is 2.24. The number of piperidine rings is 1. The normalized spacial score (nSPS) is 21.3. The molecule has 4 nitrogen and oxygen atoms in total. The molecule has 1 aliphatic heterocycles. The largest absolute Gasteiger partial charge is 0.351 e. The third kappa shape index (κ3) is 4.89. The van der Waals surface area contributed by atoms with E-state index in [1.54, 1.807) is 0 Å². The van der Waals surface area contributed by atoms with Crippen molar-refractivity contribution in [2.24, 2.45) is 5.41 Å². The summed E-state index contributed by atoms with van der Waals surface area (Å²) >= 11 is 0. The van der Waals surface area contributed by atoms with Crippen molar-refractivity contribution in [2.75, 3.05) is 19.6 Å². The molecule has 0 radical (unpaired) electrons. The molecule has 1 unspecified atom stereocenters. The van der Waals surface area contributed by atoms with Crippen LogP contribution < -0.4 is 10.6 Å². The van der Waals surface area contributed by atoms with Crippen LogP contribution in [0.25, 0.3) is 0 Å². The van der Waals surface area contributed by atoms with Crippen molar-refractivity contribution in [3.05, 3.63) is 29.8 Å². The minimum absolute atomic E-state index is 0. The molecule has 0 bridgehead atoms. The minimum Gasteiger partial charge on any atom is -0.351 e. The molecular formula is C13H20Cl2FN3O. The topological polar surface area (TPSA) is 54.0 Å². The maximum Gasteiger partial charge on any atom is 0.254 e. The second-order valence-corrected chi connectivity index (χ2v) is 5.13. The van der Waals surface area contributed by atoms with E-state index in [1.165, 1.54) is 12.3 Å². The molecule has 1 saturated heterocycles. The molecule has 0 aromatic carbocycles. The molecule has 1 aromatic rings. The van der Waals surface area contributed by atoms with Crippen LogP contribution in [0.3, 0.4) is 0 Å². The molecule has 0 aliphatic carbocycles. The van der Waals surface area contributed by atoms with Gasteiger partial charge in [0.2, 0.25) is 0 Å². The van der Waals surface area contributed by atoms with Crippen LogP contribution in [-0.4, -0.2) is 30.5 Å². The van der Waals surface area contributed by atoms with Crippen LogP contribution >= 0.6 is 24.8 Å². The fraction of sp³-hybridized carbons (Fsp3) is 0.538. The summed E-state index contributed by atoms with van der Waals surface area (Å²) in [6, 6.07) is 1.39. The Morgan fingerprint density at radius 3 is 2.90 bits per heavy atom. The number of rotatable bonds is 3. The average Bonchev–Trinajstić information content (AvgIpc) is 2.38. The molecule has 7 heteroatoms. The van der Waals surface area contributed by atoms with Gasteiger partial charge in [0.1, 0.15) is 0 Å². The maximum atomic E-state index is 13.4. The second kappa shape index (κ2) is 8.39. The third-order valence-corrected chi connectivity index (χ3v) is 3.38. The highest BCUT2D eigenvalue weighted by atomic mass is 35.5. The van der Waals surface area contributed by atoms with Crippen molar-refractivity contribution in [1.29, 1.82) is 0 Å². The van der Waals surface area contributed by atoms with E-state index >= 15 is 0 Å². The summed E-state index contributed by atoms with van der Waals surface area (Å²) in [6.07, 6.45) is 4.65. The standard InChI is InChI=1S/C13H18FN3O.2ClH/c1-13(4-2-5-16-8-13)9-17-12(18)10-3-6-15-7-11(10)14;;/h3,6-7,16H,2,4-5,8-9H2,1H3,(H,17,18);2*1H. The van der Waals surface area contributed by atoms with Crippen LogP contribution in [0, 0.1) is 11.2 Å². The highest BCUT2D eigenvalue weighted by molar-refractivity contribution is 5.94. The lowest BCUT2D eigenvalue weighted by Crippen LogP contribution is -2.45. The first-order chi connectivity index (χ1) is 8.61. The monoisotopic (exact) mass is 323 g/mol. The molecule has 0 saturated carbocycles. The van der Waals surface area contributed by atoms with Gasteiger partial charge in [-0.15, -0.1) is 24.8 Å². The van der Waals surface area contributed by atoms with Crippen LogP contribution in [0.15, 0.2) is 18.5 Å². The van der Waals surface area contributed by atoms with Gasteiger partial charge in [0.15, 0.2) is 5.82 Å². The molecule has 2 heterocycles. The summed E-state index contributed by atoms with van der Waals surface area (Å²) < 4.78 is 13.4. The molecular weight excluding hydrogens is 304 g/mol. The predicted octanol–water partition coefficient (Wildman–Crippen LogP) is 2.18. The molecule has 20 heavy (non-hydrogen) atoms. The summed E-state index contributed by atoms with van der Waals surface area (Å²) in [7, 11) is 0. The van der Waals surface area contributed by atoms with Crippen LogP contribution in [0.5, 0.6) is 0 Å². The first kappa shape index (κ1) is 19.1. The predicted molar refractivity (Wildman–Crippen MR) is 81.2 cm³/mol. The van der Waals surface area contributed by atoms with Gasteiger partial charge in [-0.05, 0) is 30.9 Å². The van der Waals surface area contributed by atoms with Crippen LogP contribution in [0.2, 0.25) is 0 Å². The molecule has 1 aliphatic rings. The average molecular weight is 324 g/mol. The number of nitrogens with zero attached hydrogens (tertiary/aromatic N) is 1. The van der Waals surface area contributed by atoms with Crippen LogP contribution in [-0.2, 0) is 0 Å². The first-order valence-electron chi connectivity index (χ1n) is 6.19. The smallest absolute Gasteiger partial charge is 0.254 e. The Hall–Kier alpha value is -0.910. The number of pyridine rings is 1. The van der Waals surface area contributed by atoms with E-state index in [-0.39, 0.29) is 41.7 Å². The Bertz CT molecular complexity index is 439. The summed E-state index contributed by atoms with van der Waals surface area (Å²) in [6.45, 7) is 4.59. The van der Waals surface area contributed by atoms with Crippen molar-refractivity contribution >= 4 is 30.7 Å². The summed E-state index contributed by atoms with van der Waals surface area (Å²) in [5, 5.41) is 6.12. The number of nitrogens with one attached hydrogen (secondary N) is 2. The molecule has 1 amide bonds. The van der Waals surface area contributed by atoms with Gasteiger partial charge in [-0.2, -0.15) is 0 Å². The minimum atomic E-state index is -0.582. The summed E-state index contributed by atoms with van der Waals surface area (Å²) in [4.78, 5) is 15.5. The Morgan fingerprint density at radius 1 is 1.55 bits per heavy atom. The number of amides is 1. The molecule has 0 spiro atoms. The summed E-state index contributed by atoms with van der Waals surface area (Å²) in [5.74, 6) is -0.955. The Kier molecular flexibility index (Phi) is 8.01. The van der Waals surface area contributed by atoms with E-state index in [0.717, 1.165) is 32.1 Å². The van der Waals surface area contributed by atoms with Gasteiger partial charge in [-0.25, -0.2) is 4.39 Å². The van der Waals surface area contributed by atoms with E-state index in [2.05, 4.69) is 22.5 Å². The van der Waals surface area contributed by atoms with Crippen molar-refractivity contribution < 1.29 is 9.18 Å². The maximum absolute atomic E-state index is 13.4. The van der Waals surface area contributed by atoms with Gasteiger partial charge in [-0.1, -0.05) is 6.92 Å². The molecule has 2 rings (SSSR count). The quantitative estimate of drug-likeness (QED) is 0.896. The lowest BCUT2D eigenvalue weighted by Gasteiger charge is -2.34. The van der Waals surface area contributed by atoms with Gasteiger partial charge in [0, 0.05) is 19.3 Å². The van der Waals surface area contributed by atoms with Crippen molar-refractivity contribution in [3.8, 4) is 0 Å². The number of halogens is 3. The Morgan fingerprint density at radius 2 is 2.30 bits per heavy atom. The number of hydrogen-bond acceptors (Lipinski definition) is 3. The van der Waals surface area contributed by atoms with Crippen LogP contribution in [0.4, 0.5) is 4.39 Å². The second-order valence-electron chi connectivity index (χ2n) is 5.13. The number of carbonyl (C=O) groups excluding carboxylic acids is 1. The zero-order valence-corrected chi connectivity index (χ0v) is 13.0. The lowest BCUT2D eigenvalue weighted by molar-refractivity contribution is 0.0920. The molecule has 1 aromatic heterocycles. The van der Waals surface area contributed by atoms with E-state index in [9.17, 15) is 9.18 Å². The van der Waals surface area contributed by atoms with E-state index < -0.39 is 5.82 Å². The third-order valence-electron chi connectivity index (χ3n) is 3.38. The molecule has 1 fully saturated rings. The van der Waals surface area contributed by atoms with E-state index in [1.807, 2.05) is 0 Å². The first-order valence-corrected chi connectivity index (χ1v) is 6.19. The number of carbonyl (C=O) groups is 1. The van der Waals surface area contributed by atoms with Gasteiger partial charge in [-0.3, -0.25) is 9.78 Å². The zero-order chi connectivity index (χ0) is 13.0. The zero-order valence-electron chi connectivity index (χ0n) is 11.3. The fourth-order valence-electron chi connectivity index (χ4n) is 2.22. The molecule has 114 valence electrons. The van der Waals surface area contributed by atoms with Crippen molar-refractivity contribution in [1.82, 2.24) is 15.6 Å². The SMILES string of the molecule is CC1(CNC(=O)c2ccncc2F)CCCNC1.Cl.Cl. The number of hydrogen-bond donors (Lipinski definition) is 2. The fourth-order valence-corrected chi connectivity index (χ4v) is 2.22. The Labute approximate surface area is 130 Å². The van der Waals surface area contributed by atoms with Gasteiger partial charge in [0.25, 0.3) is 5.91 Å². The van der Waals surface area contributed by atoms with Gasteiger partial charge < -0.3 is 10.6 Å². The lowest BCUT2D eigenvalue weighted by atomic mass is 9.83. The van der Waals surface area contributed by atoms with Crippen LogP contribution in [0.1, 0.15) is 30.1 Å². The van der Waals surface area contributed by atoms with Gasteiger partial charge in [0.05, 0.1) is 11.8 Å². The Balaban J connectivity index is 0.00000180. The van der Waals surface area contributed by atoms with E-state index in [0.29, 0.717) is 6.54 Å². The van der Waals surface area contributed by atoms with E-state index in [4.69, 9.17) is 0 Å². The highest BCUT2D eigenvalue weighted by Gasteiger charge is 2.27. The number of aromatic nitrogens is 1. The molecule has 2 N–H and O–H groups in total. The van der Waals surface area contributed by atoms with Crippen molar-refractivity contribution in [2.45, 2.75) is 19.8 Å². The molecule has 1 atom stereocenters.